The number of carbonyl (C=O) groups excluding carboxylic acids is 1. The average Bonchev–Trinajstić information content (AvgIpc) is 3.33. The van der Waals surface area contributed by atoms with Crippen LogP contribution in [0.2, 0.25) is 0 Å². The molecule has 5 nitrogen and oxygen atoms in total. The number of rotatable bonds is 5. The van der Waals surface area contributed by atoms with Crippen molar-refractivity contribution in [3.63, 3.8) is 0 Å². The van der Waals surface area contributed by atoms with Crippen LogP contribution in [0.5, 0.6) is 5.75 Å². The first-order valence-corrected chi connectivity index (χ1v) is 11.5. The summed E-state index contributed by atoms with van der Waals surface area (Å²) in [4.78, 5) is 21.3. The summed E-state index contributed by atoms with van der Waals surface area (Å²) >= 11 is 1.69. The van der Waals surface area contributed by atoms with Gasteiger partial charge in [0.2, 0.25) is 0 Å². The molecule has 0 spiro atoms. The van der Waals surface area contributed by atoms with Crippen molar-refractivity contribution in [2.24, 2.45) is 0 Å². The minimum absolute atomic E-state index is 0.155. The number of anilines is 2. The van der Waals surface area contributed by atoms with Gasteiger partial charge in [-0.25, -0.2) is 0 Å². The van der Waals surface area contributed by atoms with E-state index in [9.17, 15) is 4.79 Å². The maximum absolute atomic E-state index is 13.5. The number of benzene rings is 2. The van der Waals surface area contributed by atoms with Gasteiger partial charge in [0.05, 0.1) is 18.4 Å². The van der Waals surface area contributed by atoms with Gasteiger partial charge in [0.25, 0.3) is 5.91 Å². The third kappa shape index (κ3) is 4.17. The van der Waals surface area contributed by atoms with Gasteiger partial charge in [-0.15, -0.1) is 11.8 Å². The van der Waals surface area contributed by atoms with Gasteiger partial charge < -0.3 is 19.4 Å². The van der Waals surface area contributed by atoms with Crippen LogP contribution in [0.15, 0.2) is 47.4 Å². The zero-order valence-electron chi connectivity index (χ0n) is 17.3. The Morgan fingerprint density at radius 3 is 2.28 bits per heavy atom. The van der Waals surface area contributed by atoms with E-state index in [0.717, 1.165) is 66.9 Å². The average molecular weight is 412 g/mol. The Balaban J connectivity index is 1.51. The highest BCUT2D eigenvalue weighted by atomic mass is 32.2. The maximum atomic E-state index is 13.5. The molecule has 2 aliphatic heterocycles. The predicted octanol–water partition coefficient (Wildman–Crippen LogP) is 3.98. The molecule has 29 heavy (non-hydrogen) atoms. The third-order valence-electron chi connectivity index (χ3n) is 5.87. The molecule has 2 aliphatic rings. The van der Waals surface area contributed by atoms with E-state index in [1.165, 1.54) is 12.8 Å². The summed E-state index contributed by atoms with van der Waals surface area (Å²) in [5, 5.41) is 0. The Labute approximate surface area is 177 Å². The lowest BCUT2D eigenvalue weighted by Crippen LogP contribution is -2.49. The lowest BCUT2D eigenvalue weighted by atomic mass is 10.1. The Bertz CT molecular complexity index is 859. The van der Waals surface area contributed by atoms with Crippen molar-refractivity contribution in [2.45, 2.75) is 17.7 Å². The van der Waals surface area contributed by atoms with E-state index < -0.39 is 0 Å². The molecule has 0 radical (unpaired) electrons. The zero-order chi connectivity index (χ0) is 20.2. The smallest absolute Gasteiger partial charge is 0.256 e. The van der Waals surface area contributed by atoms with E-state index in [1.807, 2.05) is 23.1 Å². The second kappa shape index (κ2) is 8.99. The number of hydrogen-bond acceptors (Lipinski definition) is 5. The number of piperazine rings is 1. The number of ether oxygens (including phenoxy) is 1. The van der Waals surface area contributed by atoms with Crippen LogP contribution in [0.1, 0.15) is 23.2 Å². The standard InChI is InChI=1S/C23H29N3O2S/c1-28-22-8-4-3-7-21(22)25-13-15-26(16-14-25)23(27)19-17-18(29-2)9-10-20(19)24-11-5-6-12-24/h3-4,7-10,17H,5-6,11-16H2,1-2H3. The molecule has 0 N–H and O–H groups in total. The van der Waals surface area contributed by atoms with E-state index in [-0.39, 0.29) is 5.91 Å². The normalized spacial score (nSPS) is 17.0. The summed E-state index contributed by atoms with van der Waals surface area (Å²) in [6, 6.07) is 14.4. The van der Waals surface area contributed by atoms with Gasteiger partial charge in [0.1, 0.15) is 5.75 Å². The van der Waals surface area contributed by atoms with Crippen LogP contribution in [0, 0.1) is 0 Å². The molecular weight excluding hydrogens is 382 g/mol. The molecule has 6 heteroatoms. The molecule has 154 valence electrons. The first kappa shape index (κ1) is 20.0. The topological polar surface area (TPSA) is 36.0 Å². The van der Waals surface area contributed by atoms with Gasteiger partial charge in [-0.3, -0.25) is 4.79 Å². The summed E-state index contributed by atoms with van der Waals surface area (Å²) in [5.41, 5.74) is 3.05. The van der Waals surface area contributed by atoms with Crippen LogP contribution in [-0.2, 0) is 0 Å². The van der Waals surface area contributed by atoms with E-state index >= 15 is 0 Å². The highest BCUT2D eigenvalue weighted by molar-refractivity contribution is 7.98. The van der Waals surface area contributed by atoms with Crippen LogP contribution >= 0.6 is 11.8 Å². The molecule has 0 atom stereocenters. The largest absolute Gasteiger partial charge is 0.495 e. The second-order valence-electron chi connectivity index (χ2n) is 7.53. The Morgan fingerprint density at radius 1 is 0.897 bits per heavy atom. The molecule has 2 aromatic rings. The number of methoxy groups -OCH3 is 1. The molecule has 0 aromatic heterocycles. The van der Waals surface area contributed by atoms with Crippen LogP contribution in [0.25, 0.3) is 0 Å². The number of nitrogens with zero attached hydrogens (tertiary/aromatic N) is 3. The van der Waals surface area contributed by atoms with E-state index in [1.54, 1.807) is 18.9 Å². The fourth-order valence-corrected chi connectivity index (χ4v) is 4.70. The zero-order valence-corrected chi connectivity index (χ0v) is 18.1. The molecule has 2 heterocycles. The van der Waals surface area contributed by atoms with Crippen molar-refractivity contribution in [3.8, 4) is 5.75 Å². The molecule has 0 bridgehead atoms. The molecule has 2 saturated heterocycles. The molecule has 0 unspecified atom stereocenters. The van der Waals surface area contributed by atoms with Gasteiger partial charge in [0.15, 0.2) is 0 Å². The van der Waals surface area contributed by atoms with Gasteiger partial charge >= 0.3 is 0 Å². The Morgan fingerprint density at radius 2 is 1.59 bits per heavy atom. The van der Waals surface area contributed by atoms with Crippen LogP contribution in [0.4, 0.5) is 11.4 Å². The Kier molecular flexibility index (Phi) is 6.19. The second-order valence-corrected chi connectivity index (χ2v) is 8.41. The lowest BCUT2D eigenvalue weighted by molar-refractivity contribution is 0.0747. The van der Waals surface area contributed by atoms with Crippen molar-refractivity contribution >= 4 is 29.0 Å². The van der Waals surface area contributed by atoms with E-state index in [4.69, 9.17) is 4.74 Å². The molecule has 0 aliphatic carbocycles. The number of thioether (sulfide) groups is 1. The summed E-state index contributed by atoms with van der Waals surface area (Å²) in [6.45, 7) is 5.15. The predicted molar refractivity (Wildman–Crippen MR) is 121 cm³/mol. The fraction of sp³-hybridized carbons (Fsp3) is 0.435. The van der Waals surface area contributed by atoms with Gasteiger partial charge in [-0.05, 0) is 49.4 Å². The molecule has 0 saturated carbocycles. The summed E-state index contributed by atoms with van der Waals surface area (Å²) < 4.78 is 5.51. The minimum atomic E-state index is 0.155. The molecule has 2 fully saturated rings. The SMILES string of the molecule is COc1ccccc1N1CCN(C(=O)c2cc(SC)ccc2N2CCCC2)CC1. The summed E-state index contributed by atoms with van der Waals surface area (Å²) in [5.74, 6) is 1.04. The van der Waals surface area contributed by atoms with E-state index in [2.05, 4.69) is 40.3 Å². The van der Waals surface area contributed by atoms with Gasteiger partial charge in [0, 0.05) is 49.9 Å². The number of para-hydroxylation sites is 2. The number of carbonyl (C=O) groups is 1. The summed E-state index contributed by atoms with van der Waals surface area (Å²) in [6.07, 6.45) is 4.47. The Hall–Kier alpha value is -2.34. The van der Waals surface area contributed by atoms with Crippen LogP contribution in [0.3, 0.4) is 0 Å². The van der Waals surface area contributed by atoms with E-state index in [0.29, 0.717) is 0 Å². The summed E-state index contributed by atoms with van der Waals surface area (Å²) in [7, 11) is 1.71. The lowest BCUT2D eigenvalue weighted by Gasteiger charge is -2.37. The van der Waals surface area contributed by atoms with Crippen molar-refractivity contribution < 1.29 is 9.53 Å². The van der Waals surface area contributed by atoms with Crippen LogP contribution in [-0.4, -0.2) is 63.4 Å². The van der Waals surface area contributed by atoms with Crippen molar-refractivity contribution in [1.82, 2.24) is 4.90 Å². The maximum Gasteiger partial charge on any atom is 0.256 e. The molecule has 2 aromatic carbocycles. The first-order chi connectivity index (χ1) is 14.2. The monoisotopic (exact) mass is 411 g/mol. The van der Waals surface area contributed by atoms with Gasteiger partial charge in [-0.1, -0.05) is 12.1 Å². The number of hydrogen-bond donors (Lipinski definition) is 0. The highest BCUT2D eigenvalue weighted by Gasteiger charge is 2.27. The quantitative estimate of drug-likeness (QED) is 0.696. The number of amides is 1. The molecule has 4 rings (SSSR count). The minimum Gasteiger partial charge on any atom is -0.495 e. The third-order valence-corrected chi connectivity index (χ3v) is 6.60. The van der Waals surface area contributed by atoms with Crippen LogP contribution < -0.4 is 14.5 Å². The van der Waals surface area contributed by atoms with Gasteiger partial charge in [-0.2, -0.15) is 0 Å². The highest BCUT2D eigenvalue weighted by Crippen LogP contribution is 2.31. The molecular formula is C23H29N3O2S. The van der Waals surface area contributed by atoms with Crippen molar-refractivity contribution in [2.75, 3.05) is 62.4 Å². The molecule has 1 amide bonds. The fourth-order valence-electron chi connectivity index (χ4n) is 4.26. The van der Waals surface area contributed by atoms with Crippen molar-refractivity contribution in [3.05, 3.63) is 48.0 Å². The first-order valence-electron chi connectivity index (χ1n) is 10.3. The van der Waals surface area contributed by atoms with Crippen molar-refractivity contribution in [1.29, 1.82) is 0 Å².